The van der Waals surface area contributed by atoms with E-state index in [1.165, 1.54) is 24.3 Å². The molecule has 1 unspecified atom stereocenters. The van der Waals surface area contributed by atoms with Crippen molar-refractivity contribution in [3.63, 3.8) is 0 Å². The quantitative estimate of drug-likeness (QED) is 0.751. The van der Waals surface area contributed by atoms with Crippen molar-refractivity contribution in [2.24, 2.45) is 0 Å². The van der Waals surface area contributed by atoms with Crippen LogP contribution in [-0.2, 0) is 22.9 Å². The Morgan fingerprint density at radius 1 is 1.04 bits per heavy atom. The van der Waals surface area contributed by atoms with E-state index in [0.29, 0.717) is 19.3 Å². The Bertz CT molecular complexity index is 1040. The Kier molecular flexibility index (Phi) is 3.85. The molecule has 1 aliphatic rings. The van der Waals surface area contributed by atoms with E-state index in [2.05, 4.69) is 9.71 Å². The molecule has 1 atom stereocenters. The van der Waals surface area contributed by atoms with Gasteiger partial charge in [-0.25, -0.2) is 21.9 Å². The van der Waals surface area contributed by atoms with Gasteiger partial charge in [-0.15, -0.1) is 0 Å². The molecular weight excluding hydrogens is 346 g/mol. The van der Waals surface area contributed by atoms with Crippen molar-refractivity contribution in [1.82, 2.24) is 9.71 Å². The molecule has 25 heavy (non-hydrogen) atoms. The Labute approximate surface area is 143 Å². The summed E-state index contributed by atoms with van der Waals surface area (Å²) in [6.07, 6.45) is 1.81. The maximum absolute atomic E-state index is 13.6. The smallest absolute Gasteiger partial charge is 0.240 e. The summed E-state index contributed by atoms with van der Waals surface area (Å²) in [5.74, 6) is -0.801. The average Bonchev–Trinajstić information content (AvgIpc) is 2.92. The number of aryl methyl sites for hydroxylation is 1. The molecule has 7 heteroatoms. The van der Waals surface area contributed by atoms with Crippen LogP contribution in [-0.4, -0.2) is 19.4 Å². The number of sulfonamides is 1. The van der Waals surface area contributed by atoms with Crippen LogP contribution in [0.2, 0.25) is 0 Å². The first-order valence-corrected chi connectivity index (χ1v) is 9.47. The van der Waals surface area contributed by atoms with Gasteiger partial charge in [0.1, 0.15) is 11.6 Å². The second-order valence-electron chi connectivity index (χ2n) is 6.29. The highest BCUT2D eigenvalue weighted by atomic mass is 32.2. The zero-order valence-corrected chi connectivity index (χ0v) is 14.0. The number of halogens is 2. The fraction of sp³-hybridized carbons (Fsp3) is 0.222. The lowest BCUT2D eigenvalue weighted by Crippen LogP contribution is -2.38. The largest absolute Gasteiger partial charge is 0.358 e. The predicted octanol–water partition coefficient (Wildman–Crippen LogP) is 3.28. The Morgan fingerprint density at radius 2 is 1.76 bits per heavy atom. The molecule has 0 bridgehead atoms. The van der Waals surface area contributed by atoms with Gasteiger partial charge in [-0.05, 0) is 67.3 Å². The summed E-state index contributed by atoms with van der Waals surface area (Å²) in [6, 6.07) is 9.01. The maximum Gasteiger partial charge on any atom is 0.240 e. The van der Waals surface area contributed by atoms with Gasteiger partial charge in [0.05, 0.1) is 4.90 Å². The van der Waals surface area contributed by atoms with Gasteiger partial charge in [-0.1, -0.05) is 0 Å². The van der Waals surface area contributed by atoms with Crippen LogP contribution in [0.15, 0.2) is 47.4 Å². The Balaban J connectivity index is 1.61. The summed E-state index contributed by atoms with van der Waals surface area (Å²) in [5.41, 5.74) is 2.83. The van der Waals surface area contributed by atoms with Gasteiger partial charge < -0.3 is 4.98 Å². The molecule has 0 radical (unpaired) electrons. The van der Waals surface area contributed by atoms with Crippen molar-refractivity contribution in [3.8, 4) is 0 Å². The summed E-state index contributed by atoms with van der Waals surface area (Å²) in [4.78, 5) is 3.31. The van der Waals surface area contributed by atoms with Crippen LogP contribution in [0.1, 0.15) is 17.7 Å². The number of rotatable bonds is 3. The zero-order chi connectivity index (χ0) is 17.6. The minimum absolute atomic E-state index is 0.0321. The van der Waals surface area contributed by atoms with E-state index in [1.54, 1.807) is 6.07 Å². The minimum Gasteiger partial charge on any atom is -0.358 e. The van der Waals surface area contributed by atoms with Crippen molar-refractivity contribution in [3.05, 3.63) is 65.4 Å². The number of nitrogens with one attached hydrogen (secondary N) is 2. The molecule has 1 aliphatic carbocycles. The van der Waals surface area contributed by atoms with Crippen LogP contribution >= 0.6 is 0 Å². The second kappa shape index (κ2) is 5.93. The van der Waals surface area contributed by atoms with E-state index >= 15 is 0 Å². The molecule has 0 saturated heterocycles. The van der Waals surface area contributed by atoms with Crippen LogP contribution in [0, 0.1) is 11.6 Å². The fourth-order valence-electron chi connectivity index (χ4n) is 3.39. The highest BCUT2D eigenvalue weighted by molar-refractivity contribution is 7.89. The van der Waals surface area contributed by atoms with Crippen molar-refractivity contribution >= 4 is 20.9 Å². The van der Waals surface area contributed by atoms with Crippen molar-refractivity contribution < 1.29 is 17.2 Å². The fourth-order valence-corrected chi connectivity index (χ4v) is 4.66. The standard InChI is InChI=1S/C18H16F2N2O2S/c19-11-1-5-14(6-2-11)25(23,24)22-13-4-8-18-16(10-13)15-9-12(20)3-7-17(15)21-18/h1-3,5-7,9,13,21-22H,4,8,10H2. The number of hydrogen-bond donors (Lipinski definition) is 2. The molecule has 0 spiro atoms. The van der Waals surface area contributed by atoms with E-state index in [9.17, 15) is 17.2 Å². The maximum atomic E-state index is 13.6. The number of aromatic amines is 1. The molecule has 0 amide bonds. The Morgan fingerprint density at radius 3 is 2.52 bits per heavy atom. The van der Waals surface area contributed by atoms with Gasteiger partial charge in [-0.3, -0.25) is 0 Å². The van der Waals surface area contributed by atoms with Gasteiger partial charge in [-0.2, -0.15) is 0 Å². The number of H-pyrrole nitrogens is 1. The van der Waals surface area contributed by atoms with Crippen LogP contribution < -0.4 is 4.72 Å². The summed E-state index contributed by atoms with van der Waals surface area (Å²) in [7, 11) is -3.72. The number of aromatic nitrogens is 1. The SMILES string of the molecule is O=S(=O)(NC1CCc2[nH]c3ccc(F)cc3c2C1)c1ccc(F)cc1. The molecule has 4 rings (SSSR count). The molecule has 1 heterocycles. The molecule has 2 aromatic carbocycles. The summed E-state index contributed by atoms with van der Waals surface area (Å²) in [5, 5.41) is 0.792. The summed E-state index contributed by atoms with van der Waals surface area (Å²) < 4.78 is 54.2. The first kappa shape index (κ1) is 16.2. The predicted molar refractivity (Wildman–Crippen MR) is 90.8 cm³/mol. The highest BCUT2D eigenvalue weighted by Crippen LogP contribution is 2.30. The van der Waals surface area contributed by atoms with E-state index in [1.807, 2.05) is 0 Å². The molecule has 2 N–H and O–H groups in total. The van der Waals surface area contributed by atoms with E-state index in [4.69, 9.17) is 0 Å². The molecule has 0 saturated carbocycles. The number of benzene rings is 2. The third-order valence-corrected chi connectivity index (χ3v) is 6.13. The summed E-state index contributed by atoms with van der Waals surface area (Å²) in [6.45, 7) is 0. The van der Waals surface area contributed by atoms with E-state index in [0.717, 1.165) is 34.3 Å². The number of fused-ring (bicyclic) bond motifs is 3. The van der Waals surface area contributed by atoms with Crippen LogP contribution in [0.4, 0.5) is 8.78 Å². The van der Waals surface area contributed by atoms with Gasteiger partial charge in [0.15, 0.2) is 0 Å². The molecule has 1 aromatic heterocycles. The highest BCUT2D eigenvalue weighted by Gasteiger charge is 2.26. The van der Waals surface area contributed by atoms with Crippen LogP contribution in [0.5, 0.6) is 0 Å². The lowest BCUT2D eigenvalue weighted by molar-refractivity contribution is 0.506. The average molecular weight is 362 g/mol. The van der Waals surface area contributed by atoms with Crippen molar-refractivity contribution in [1.29, 1.82) is 0 Å². The minimum atomic E-state index is -3.72. The molecule has 4 nitrogen and oxygen atoms in total. The molecule has 130 valence electrons. The van der Waals surface area contributed by atoms with Crippen LogP contribution in [0.3, 0.4) is 0 Å². The first-order valence-electron chi connectivity index (χ1n) is 7.99. The summed E-state index contributed by atoms with van der Waals surface area (Å²) >= 11 is 0. The molecule has 0 fully saturated rings. The second-order valence-corrected chi connectivity index (χ2v) is 8.00. The van der Waals surface area contributed by atoms with Crippen LogP contribution in [0.25, 0.3) is 10.9 Å². The van der Waals surface area contributed by atoms with Gasteiger partial charge in [0, 0.05) is 22.6 Å². The number of hydrogen-bond acceptors (Lipinski definition) is 2. The van der Waals surface area contributed by atoms with Gasteiger partial charge >= 0.3 is 0 Å². The normalized spacial score (nSPS) is 17.6. The lowest BCUT2D eigenvalue weighted by Gasteiger charge is -2.23. The molecule has 0 aliphatic heterocycles. The molecule has 3 aromatic rings. The molecular formula is C18H16F2N2O2S. The zero-order valence-electron chi connectivity index (χ0n) is 13.2. The lowest BCUT2D eigenvalue weighted by atomic mass is 9.92. The van der Waals surface area contributed by atoms with E-state index in [-0.39, 0.29) is 16.8 Å². The monoisotopic (exact) mass is 362 g/mol. The first-order chi connectivity index (χ1) is 11.9. The van der Waals surface area contributed by atoms with Gasteiger partial charge in [0.25, 0.3) is 0 Å². The topological polar surface area (TPSA) is 62.0 Å². The van der Waals surface area contributed by atoms with Crippen molar-refractivity contribution in [2.75, 3.05) is 0 Å². The third kappa shape index (κ3) is 3.05. The Hall–Kier alpha value is -2.25. The third-order valence-electron chi connectivity index (χ3n) is 4.60. The van der Waals surface area contributed by atoms with Crippen molar-refractivity contribution in [2.45, 2.75) is 30.2 Å². The van der Waals surface area contributed by atoms with E-state index < -0.39 is 15.8 Å². The van der Waals surface area contributed by atoms with Gasteiger partial charge in [0.2, 0.25) is 10.0 Å².